The fraction of sp³-hybridized carbons (Fsp3) is 0.682. The molecule has 2 aromatic heterocycles. The summed E-state index contributed by atoms with van der Waals surface area (Å²) in [6.45, 7) is 1.80. The molecule has 1 saturated carbocycles. The zero-order chi connectivity index (χ0) is 22.8. The average molecular weight is 477 g/mol. The third-order valence-corrected chi connectivity index (χ3v) is 7.87. The van der Waals surface area contributed by atoms with Crippen LogP contribution in [0.3, 0.4) is 0 Å². The van der Waals surface area contributed by atoms with Gasteiger partial charge in [0.15, 0.2) is 9.84 Å². The Morgan fingerprint density at radius 2 is 1.67 bits per heavy atom. The normalized spacial score (nSPS) is 28.0. The maximum Gasteiger partial charge on any atom is 0.256 e. The third kappa shape index (κ3) is 5.30. The molecule has 3 aliphatic rings. The van der Waals surface area contributed by atoms with Gasteiger partial charge in [0.2, 0.25) is 5.95 Å². The van der Waals surface area contributed by atoms with Gasteiger partial charge in [0.1, 0.15) is 12.3 Å². The SMILES string of the molecule is CS(=O)(=O)CCOc1nn(C2CCC(N3[C@@H]4CC[C@H]3COC4)CC2)cc1Nc1ncccn1. The van der Waals surface area contributed by atoms with Crippen molar-refractivity contribution in [2.75, 3.05) is 37.1 Å². The van der Waals surface area contributed by atoms with E-state index in [-0.39, 0.29) is 18.4 Å². The van der Waals surface area contributed by atoms with E-state index in [1.807, 2.05) is 10.9 Å². The van der Waals surface area contributed by atoms with Crippen molar-refractivity contribution in [1.29, 1.82) is 0 Å². The largest absolute Gasteiger partial charge is 0.474 e. The van der Waals surface area contributed by atoms with Crippen LogP contribution >= 0.6 is 0 Å². The smallest absolute Gasteiger partial charge is 0.256 e. The van der Waals surface area contributed by atoms with Crippen molar-refractivity contribution < 1.29 is 17.9 Å². The van der Waals surface area contributed by atoms with E-state index in [0.29, 0.717) is 35.6 Å². The van der Waals surface area contributed by atoms with Crippen LogP contribution in [0.5, 0.6) is 5.88 Å². The zero-order valence-corrected chi connectivity index (χ0v) is 19.8. The number of nitrogens with one attached hydrogen (secondary N) is 1. The number of ether oxygens (including phenoxy) is 2. The fourth-order valence-corrected chi connectivity index (χ4v) is 5.79. The maximum atomic E-state index is 11.5. The Morgan fingerprint density at radius 1 is 1.03 bits per heavy atom. The van der Waals surface area contributed by atoms with E-state index in [1.165, 1.54) is 19.1 Å². The highest BCUT2D eigenvalue weighted by Crippen LogP contribution is 2.39. The summed E-state index contributed by atoms with van der Waals surface area (Å²) in [6.07, 6.45) is 13.3. The minimum atomic E-state index is -3.12. The maximum absolute atomic E-state index is 11.5. The molecule has 4 heterocycles. The van der Waals surface area contributed by atoms with Crippen molar-refractivity contribution in [2.24, 2.45) is 0 Å². The summed E-state index contributed by atoms with van der Waals surface area (Å²) in [6, 6.07) is 3.83. The number of sulfone groups is 1. The molecule has 2 aromatic rings. The second-order valence-electron chi connectivity index (χ2n) is 9.34. The predicted molar refractivity (Wildman–Crippen MR) is 124 cm³/mol. The lowest BCUT2D eigenvalue weighted by Crippen LogP contribution is -2.52. The van der Waals surface area contributed by atoms with E-state index in [9.17, 15) is 8.42 Å². The minimum Gasteiger partial charge on any atom is -0.474 e. The van der Waals surface area contributed by atoms with Gasteiger partial charge in [-0.25, -0.2) is 18.4 Å². The van der Waals surface area contributed by atoms with Crippen molar-refractivity contribution in [1.82, 2.24) is 24.6 Å². The topological polar surface area (TPSA) is 111 Å². The molecule has 2 bridgehead atoms. The molecular formula is C22H32N6O4S. The van der Waals surface area contributed by atoms with Crippen LogP contribution in [0.25, 0.3) is 0 Å². The van der Waals surface area contributed by atoms with Gasteiger partial charge in [0.25, 0.3) is 5.88 Å². The molecule has 1 aliphatic carbocycles. The van der Waals surface area contributed by atoms with E-state index >= 15 is 0 Å². The second-order valence-corrected chi connectivity index (χ2v) is 11.6. The molecule has 5 rings (SSSR count). The molecule has 11 heteroatoms. The van der Waals surface area contributed by atoms with Gasteiger partial charge in [0.05, 0.1) is 31.2 Å². The first-order valence-corrected chi connectivity index (χ1v) is 13.8. The lowest BCUT2D eigenvalue weighted by Gasteiger charge is -2.43. The van der Waals surface area contributed by atoms with Crippen molar-refractivity contribution >= 4 is 21.5 Å². The summed E-state index contributed by atoms with van der Waals surface area (Å²) in [5.74, 6) is 0.754. The van der Waals surface area contributed by atoms with Crippen LogP contribution < -0.4 is 10.1 Å². The summed E-state index contributed by atoms with van der Waals surface area (Å²) in [5, 5.41) is 7.84. The van der Waals surface area contributed by atoms with Crippen LogP contribution in [0.15, 0.2) is 24.7 Å². The number of rotatable bonds is 8. The summed E-state index contributed by atoms with van der Waals surface area (Å²) < 4.78 is 36.5. The van der Waals surface area contributed by atoms with E-state index in [1.54, 1.807) is 18.5 Å². The Bertz CT molecular complexity index is 1020. The van der Waals surface area contributed by atoms with Crippen LogP contribution in [0.4, 0.5) is 11.6 Å². The Labute approximate surface area is 194 Å². The van der Waals surface area contributed by atoms with Gasteiger partial charge in [-0.1, -0.05) is 0 Å². The summed E-state index contributed by atoms with van der Waals surface area (Å²) in [7, 11) is -3.12. The fourth-order valence-electron chi connectivity index (χ4n) is 5.41. The molecule has 10 nitrogen and oxygen atoms in total. The lowest BCUT2D eigenvalue weighted by atomic mass is 9.89. The molecule has 0 unspecified atom stereocenters. The van der Waals surface area contributed by atoms with Gasteiger partial charge in [0, 0.05) is 36.8 Å². The summed E-state index contributed by atoms with van der Waals surface area (Å²) in [4.78, 5) is 11.2. The number of hydrogen-bond acceptors (Lipinski definition) is 9. The zero-order valence-electron chi connectivity index (χ0n) is 19.0. The molecule has 2 saturated heterocycles. The highest BCUT2D eigenvalue weighted by Gasteiger charge is 2.42. The monoisotopic (exact) mass is 476 g/mol. The molecule has 2 aliphatic heterocycles. The molecule has 0 aromatic carbocycles. The van der Waals surface area contributed by atoms with E-state index in [2.05, 4.69) is 25.3 Å². The Balaban J connectivity index is 1.27. The molecule has 0 spiro atoms. The highest BCUT2D eigenvalue weighted by atomic mass is 32.2. The van der Waals surface area contributed by atoms with E-state index < -0.39 is 9.84 Å². The van der Waals surface area contributed by atoms with Crippen LogP contribution in [-0.4, -0.2) is 83.0 Å². The predicted octanol–water partition coefficient (Wildman–Crippen LogP) is 2.19. The number of anilines is 2. The first kappa shape index (κ1) is 22.5. The van der Waals surface area contributed by atoms with Crippen molar-refractivity contribution in [3.63, 3.8) is 0 Å². The molecular weight excluding hydrogens is 444 g/mol. The van der Waals surface area contributed by atoms with Gasteiger partial charge < -0.3 is 14.8 Å². The third-order valence-electron chi connectivity index (χ3n) is 6.96. The number of morpholine rings is 1. The number of aromatic nitrogens is 4. The van der Waals surface area contributed by atoms with E-state index in [4.69, 9.17) is 9.47 Å². The standard InChI is InChI=1S/C22H32N6O4S/c1-33(29,30)12-11-32-21-20(25-22-23-9-2-10-24-22)13-27(26-21)16-3-5-17(6-4-16)28-18-7-8-19(28)15-31-14-18/h2,9-10,13,16-19H,3-8,11-12,14-15H2,1H3,(H,23,24,25)/t16?,17?,18-,19+. The molecule has 33 heavy (non-hydrogen) atoms. The molecule has 3 fully saturated rings. The van der Waals surface area contributed by atoms with Gasteiger partial charge in [-0.3, -0.25) is 9.58 Å². The number of nitrogens with zero attached hydrogens (tertiary/aromatic N) is 5. The lowest BCUT2D eigenvalue weighted by molar-refractivity contribution is -0.0458. The molecule has 2 atom stereocenters. The Kier molecular flexibility index (Phi) is 6.53. The van der Waals surface area contributed by atoms with Gasteiger partial charge in [-0.15, -0.1) is 5.10 Å². The van der Waals surface area contributed by atoms with Crippen LogP contribution in [0.2, 0.25) is 0 Å². The Morgan fingerprint density at radius 3 is 2.33 bits per heavy atom. The van der Waals surface area contributed by atoms with Crippen molar-refractivity contribution in [3.05, 3.63) is 24.7 Å². The number of hydrogen-bond donors (Lipinski definition) is 1. The highest BCUT2D eigenvalue weighted by molar-refractivity contribution is 7.90. The molecule has 0 radical (unpaired) electrons. The van der Waals surface area contributed by atoms with Crippen LogP contribution in [0.1, 0.15) is 44.6 Å². The quantitative estimate of drug-likeness (QED) is 0.613. The molecule has 0 amide bonds. The van der Waals surface area contributed by atoms with Crippen LogP contribution in [0, 0.1) is 0 Å². The Hall–Kier alpha value is -2.24. The summed E-state index contributed by atoms with van der Waals surface area (Å²) >= 11 is 0. The first-order chi connectivity index (χ1) is 16.0. The van der Waals surface area contributed by atoms with Crippen molar-refractivity contribution in [3.8, 4) is 5.88 Å². The van der Waals surface area contributed by atoms with Gasteiger partial charge in [-0.05, 0) is 44.6 Å². The van der Waals surface area contributed by atoms with Crippen LogP contribution in [-0.2, 0) is 14.6 Å². The molecule has 180 valence electrons. The van der Waals surface area contributed by atoms with E-state index in [0.717, 1.165) is 38.9 Å². The second kappa shape index (κ2) is 9.55. The number of fused-ring (bicyclic) bond motifs is 2. The van der Waals surface area contributed by atoms with Gasteiger partial charge in [-0.2, -0.15) is 0 Å². The van der Waals surface area contributed by atoms with Gasteiger partial charge >= 0.3 is 0 Å². The first-order valence-electron chi connectivity index (χ1n) is 11.7. The molecule has 1 N–H and O–H groups in total. The average Bonchev–Trinajstić information content (AvgIpc) is 3.30. The minimum absolute atomic E-state index is 0.0483. The van der Waals surface area contributed by atoms with Crippen molar-refractivity contribution in [2.45, 2.75) is 62.7 Å². The summed E-state index contributed by atoms with van der Waals surface area (Å²) in [5.41, 5.74) is 0.642.